The van der Waals surface area contributed by atoms with Crippen LogP contribution >= 0.6 is 0 Å². The number of ether oxygens (including phenoxy) is 6. The summed E-state index contributed by atoms with van der Waals surface area (Å²) >= 11 is 0. The molecule has 2 saturated heterocycles. The van der Waals surface area contributed by atoms with E-state index < -0.39 is 24.7 Å². The molecular weight excluding hydrogens is 546 g/mol. The van der Waals surface area contributed by atoms with E-state index in [0.717, 1.165) is 16.7 Å². The van der Waals surface area contributed by atoms with Crippen LogP contribution in [0.2, 0.25) is 0 Å². The zero-order chi connectivity index (χ0) is 30.0. The Morgan fingerprint density at radius 2 is 1.44 bits per heavy atom. The first-order valence-corrected chi connectivity index (χ1v) is 15.0. The zero-order valence-electron chi connectivity index (χ0n) is 25.0. The van der Waals surface area contributed by atoms with Crippen LogP contribution in [0.15, 0.2) is 96.1 Å². The molecule has 9 heteroatoms. The van der Waals surface area contributed by atoms with Gasteiger partial charge in [-0.2, -0.15) is 0 Å². The van der Waals surface area contributed by atoms with E-state index in [0.29, 0.717) is 19.8 Å². The maximum absolute atomic E-state index is 9.51. The molecule has 2 heterocycles. The van der Waals surface area contributed by atoms with Crippen molar-refractivity contribution in [3.63, 3.8) is 0 Å². The molecule has 2 fully saturated rings. The number of fused-ring (bicyclic) bond motifs is 1. The Morgan fingerprint density at radius 1 is 0.837 bits per heavy atom. The minimum atomic E-state index is -0.648. The van der Waals surface area contributed by atoms with Gasteiger partial charge in [0.15, 0.2) is 12.6 Å². The van der Waals surface area contributed by atoms with E-state index in [2.05, 4.69) is 23.9 Å². The van der Waals surface area contributed by atoms with Gasteiger partial charge in [0.1, 0.15) is 6.10 Å². The maximum Gasteiger partial charge on any atom is 0.184 e. The molecule has 9 atom stereocenters. The first-order valence-electron chi connectivity index (χ1n) is 15.0. The zero-order valence-corrected chi connectivity index (χ0v) is 25.0. The smallest absolute Gasteiger partial charge is 0.184 e. The quantitative estimate of drug-likeness (QED) is 0.121. The Labute approximate surface area is 253 Å². The van der Waals surface area contributed by atoms with Crippen molar-refractivity contribution in [1.29, 1.82) is 0 Å². The predicted molar refractivity (Wildman–Crippen MR) is 162 cm³/mol. The van der Waals surface area contributed by atoms with Gasteiger partial charge in [-0.05, 0) is 29.5 Å². The number of benzene rings is 3. The summed E-state index contributed by atoms with van der Waals surface area (Å²) in [4.78, 5) is 3.14. The Morgan fingerprint density at radius 3 is 2.07 bits per heavy atom. The monoisotopic (exact) mass is 587 g/mol. The number of azide groups is 1. The molecule has 5 rings (SSSR count). The molecule has 228 valence electrons. The molecule has 0 saturated carbocycles. The molecule has 9 nitrogen and oxygen atoms in total. The predicted octanol–water partition coefficient (Wildman–Crippen LogP) is 6.98. The average Bonchev–Trinajstić information content (AvgIpc) is 3.06. The third-order valence-electron chi connectivity index (χ3n) is 8.33. The summed E-state index contributed by atoms with van der Waals surface area (Å²) in [5, 5.41) is 4.11. The van der Waals surface area contributed by atoms with Crippen LogP contribution in [0.1, 0.15) is 43.8 Å². The standard InChI is InChI=1S/C34H41N3O6/c1-23-24(2)33(42-30-22-41-34(43-31(23)30)28-17-11-6-12-18-28)40-21-29(36-37-35)32(39-20-27-15-9-5-10-16-27)25(3)38-19-26-13-7-4-8-14-26/h4-18,23-25,29-34H,19-22H2,1-3H3/t23-,24?,25-,29+,30?,31-,32-,33+,34?/m1/s1. The summed E-state index contributed by atoms with van der Waals surface area (Å²) in [5.74, 6) is 0.174. The second-order valence-corrected chi connectivity index (χ2v) is 11.3. The first-order chi connectivity index (χ1) is 21.0. The molecule has 3 unspecified atom stereocenters. The molecule has 3 aromatic carbocycles. The first kappa shape index (κ1) is 31.2. The Kier molecular flexibility index (Phi) is 11.2. The lowest BCUT2D eigenvalue weighted by Crippen LogP contribution is -2.56. The largest absolute Gasteiger partial charge is 0.371 e. The number of hydrogen-bond acceptors (Lipinski definition) is 7. The van der Waals surface area contributed by atoms with Crippen molar-refractivity contribution in [2.24, 2.45) is 17.0 Å². The fourth-order valence-corrected chi connectivity index (χ4v) is 5.62. The van der Waals surface area contributed by atoms with Gasteiger partial charge >= 0.3 is 0 Å². The van der Waals surface area contributed by atoms with Crippen LogP contribution in [-0.2, 0) is 41.6 Å². The van der Waals surface area contributed by atoms with Gasteiger partial charge < -0.3 is 28.4 Å². The van der Waals surface area contributed by atoms with Crippen LogP contribution in [0.25, 0.3) is 10.4 Å². The summed E-state index contributed by atoms with van der Waals surface area (Å²) in [6.45, 7) is 7.44. The highest BCUT2D eigenvalue weighted by atomic mass is 16.7. The van der Waals surface area contributed by atoms with Gasteiger partial charge in [-0.25, -0.2) is 0 Å². The van der Waals surface area contributed by atoms with Crippen molar-refractivity contribution in [2.75, 3.05) is 13.2 Å². The fraction of sp³-hybridized carbons (Fsp3) is 0.471. The van der Waals surface area contributed by atoms with E-state index in [1.165, 1.54) is 0 Å². The average molecular weight is 588 g/mol. The van der Waals surface area contributed by atoms with Crippen LogP contribution < -0.4 is 0 Å². The van der Waals surface area contributed by atoms with Crippen molar-refractivity contribution in [3.8, 4) is 0 Å². The third-order valence-corrected chi connectivity index (χ3v) is 8.33. The highest BCUT2D eigenvalue weighted by Crippen LogP contribution is 2.39. The summed E-state index contributed by atoms with van der Waals surface area (Å²) in [6, 6.07) is 29.1. The van der Waals surface area contributed by atoms with Crippen molar-refractivity contribution >= 4 is 0 Å². The molecule has 0 aromatic heterocycles. The number of nitrogens with zero attached hydrogens (tertiary/aromatic N) is 3. The number of rotatable bonds is 13. The van der Waals surface area contributed by atoms with Crippen LogP contribution in [0.3, 0.4) is 0 Å². The van der Waals surface area contributed by atoms with E-state index in [1.54, 1.807) is 0 Å². The summed E-state index contributed by atoms with van der Waals surface area (Å²) in [7, 11) is 0. The Balaban J connectivity index is 1.24. The highest BCUT2D eigenvalue weighted by molar-refractivity contribution is 5.17. The Bertz CT molecular complexity index is 1290. The molecule has 0 radical (unpaired) electrons. The molecule has 0 aliphatic carbocycles. The minimum absolute atomic E-state index is 0.0259. The summed E-state index contributed by atoms with van der Waals surface area (Å²) in [5.41, 5.74) is 12.6. The van der Waals surface area contributed by atoms with E-state index in [1.807, 2.05) is 97.9 Å². The van der Waals surface area contributed by atoms with E-state index >= 15 is 0 Å². The van der Waals surface area contributed by atoms with Crippen molar-refractivity contribution in [1.82, 2.24) is 0 Å². The van der Waals surface area contributed by atoms with Crippen molar-refractivity contribution in [3.05, 3.63) is 118 Å². The third kappa shape index (κ3) is 8.22. The van der Waals surface area contributed by atoms with Gasteiger partial charge in [0.05, 0.1) is 50.8 Å². The topological polar surface area (TPSA) is 104 Å². The second-order valence-electron chi connectivity index (χ2n) is 11.3. The lowest BCUT2D eigenvalue weighted by Gasteiger charge is -2.48. The van der Waals surface area contributed by atoms with E-state index in [-0.39, 0.29) is 36.8 Å². The number of hydrogen-bond donors (Lipinski definition) is 0. The molecule has 0 amide bonds. The van der Waals surface area contributed by atoms with Crippen molar-refractivity contribution in [2.45, 2.75) is 77.0 Å². The molecule has 0 N–H and O–H groups in total. The molecule has 3 aromatic rings. The van der Waals surface area contributed by atoms with Gasteiger partial charge in [-0.1, -0.05) is 110 Å². The van der Waals surface area contributed by atoms with Crippen LogP contribution in [0, 0.1) is 11.8 Å². The molecule has 0 bridgehead atoms. The molecule has 2 aliphatic heterocycles. The lowest BCUT2D eigenvalue weighted by atomic mass is 9.84. The van der Waals surface area contributed by atoms with Crippen molar-refractivity contribution < 1.29 is 28.4 Å². The summed E-state index contributed by atoms with van der Waals surface area (Å²) < 4.78 is 37.7. The maximum atomic E-state index is 9.51. The van der Waals surface area contributed by atoms with Gasteiger partial charge in [-0.15, -0.1) is 0 Å². The highest BCUT2D eigenvalue weighted by Gasteiger charge is 2.47. The second kappa shape index (κ2) is 15.5. The van der Waals surface area contributed by atoms with E-state index in [4.69, 9.17) is 28.4 Å². The van der Waals surface area contributed by atoms with Gasteiger partial charge in [0.2, 0.25) is 0 Å². The van der Waals surface area contributed by atoms with Gasteiger partial charge in [0.25, 0.3) is 0 Å². The lowest BCUT2D eigenvalue weighted by molar-refractivity contribution is -0.343. The van der Waals surface area contributed by atoms with Gasteiger partial charge in [0, 0.05) is 16.4 Å². The van der Waals surface area contributed by atoms with E-state index in [9.17, 15) is 5.53 Å². The normalized spacial score (nSPS) is 27.3. The van der Waals surface area contributed by atoms with Crippen LogP contribution in [-0.4, -0.2) is 50.0 Å². The minimum Gasteiger partial charge on any atom is -0.371 e. The SMILES string of the molecule is CC1[C@@H](OC[C@H](N=[N+]=[N-])[C@H](OCc2ccccc2)[C@@H](C)OCc2ccccc2)OC2COC(c3ccccc3)O[C@@H]2[C@@H]1C. The summed E-state index contributed by atoms with van der Waals surface area (Å²) in [6.07, 6.45) is -2.29. The molecule has 2 aliphatic rings. The molecule has 0 spiro atoms. The van der Waals surface area contributed by atoms with Crippen LogP contribution in [0.5, 0.6) is 0 Å². The molecular formula is C34H41N3O6. The van der Waals surface area contributed by atoms with Crippen LogP contribution in [0.4, 0.5) is 0 Å². The fourth-order valence-electron chi connectivity index (χ4n) is 5.62. The molecule has 43 heavy (non-hydrogen) atoms. The van der Waals surface area contributed by atoms with Gasteiger partial charge in [-0.3, -0.25) is 0 Å². The Hall–Kier alpha value is -3.27.